The number of benzene rings is 2. The molecule has 1 fully saturated rings. The Bertz CT molecular complexity index is 1570. The molecule has 2 N–H and O–H groups in total. The number of amides is 1. The highest BCUT2D eigenvalue weighted by Gasteiger charge is 2.36. The van der Waals surface area contributed by atoms with Gasteiger partial charge >= 0.3 is 6.18 Å². The van der Waals surface area contributed by atoms with E-state index in [9.17, 15) is 27.2 Å². The van der Waals surface area contributed by atoms with Crippen LogP contribution >= 0.6 is 0 Å². The molecule has 0 bridgehead atoms. The Kier molecular flexibility index (Phi) is 7.26. The Morgan fingerprint density at radius 3 is 2.64 bits per heavy atom. The first kappa shape index (κ1) is 26.6. The number of nitrogens with one attached hydrogen (secondary N) is 2. The van der Waals surface area contributed by atoms with Crippen LogP contribution in [0.5, 0.6) is 0 Å². The first-order valence-electron chi connectivity index (χ1n) is 12.6. The van der Waals surface area contributed by atoms with E-state index in [4.69, 9.17) is 0 Å². The Balaban J connectivity index is 1.34. The normalized spacial score (nSPS) is 15.1. The van der Waals surface area contributed by atoms with Gasteiger partial charge in [-0.15, -0.1) is 0 Å². The molecule has 0 aliphatic carbocycles. The van der Waals surface area contributed by atoms with Crippen LogP contribution in [0.2, 0.25) is 0 Å². The van der Waals surface area contributed by atoms with E-state index < -0.39 is 17.7 Å². The van der Waals surface area contributed by atoms with Gasteiger partial charge in [0.2, 0.25) is 0 Å². The van der Waals surface area contributed by atoms with Crippen LogP contribution in [0, 0.1) is 11.7 Å². The van der Waals surface area contributed by atoms with Crippen molar-refractivity contribution < 1.29 is 22.4 Å². The molecular weight excluding hydrogens is 514 g/mol. The molecule has 0 spiro atoms. The number of nitrogens with zero attached hydrogens (tertiary/aromatic N) is 3. The third-order valence-electron chi connectivity index (χ3n) is 7.17. The van der Waals surface area contributed by atoms with Gasteiger partial charge in [0.15, 0.2) is 0 Å². The van der Waals surface area contributed by atoms with Gasteiger partial charge in [0, 0.05) is 29.3 Å². The number of pyridine rings is 1. The minimum absolute atomic E-state index is 0.0173. The molecule has 3 heterocycles. The molecule has 2 aromatic carbocycles. The van der Waals surface area contributed by atoms with Crippen molar-refractivity contribution in [3.05, 3.63) is 87.9 Å². The fraction of sp³-hybridized carbons (Fsp3) is 0.321. The highest BCUT2D eigenvalue weighted by atomic mass is 19.4. The second-order valence-electron chi connectivity index (χ2n) is 10.0. The lowest BCUT2D eigenvalue weighted by Crippen LogP contribution is -2.36. The number of halogens is 4. The number of rotatable bonds is 6. The van der Waals surface area contributed by atoms with Crippen molar-refractivity contribution in [2.24, 2.45) is 5.92 Å². The van der Waals surface area contributed by atoms with Gasteiger partial charge in [-0.25, -0.2) is 4.39 Å². The molecule has 0 saturated carbocycles. The molecule has 0 unspecified atom stereocenters. The van der Waals surface area contributed by atoms with E-state index in [2.05, 4.69) is 22.4 Å². The molecule has 204 valence electrons. The SMILES string of the molecule is CN1CCC(CNC(=O)c2cc(F)cc(Cn3ccc4cc(-c5cn[nH]c5C(F)(F)F)ccc4c3=O)c2)CC1. The molecule has 1 amide bonds. The summed E-state index contributed by atoms with van der Waals surface area (Å²) in [5, 5.41) is 9.15. The number of carbonyl (C=O) groups excluding carboxylic acids is 1. The molecule has 5 rings (SSSR count). The van der Waals surface area contributed by atoms with E-state index in [1.54, 1.807) is 12.1 Å². The number of aromatic nitrogens is 3. The van der Waals surface area contributed by atoms with Crippen LogP contribution in [0.1, 0.15) is 34.5 Å². The number of alkyl halides is 3. The number of H-pyrrole nitrogens is 1. The minimum Gasteiger partial charge on any atom is -0.352 e. The highest BCUT2D eigenvalue weighted by molar-refractivity contribution is 5.94. The van der Waals surface area contributed by atoms with E-state index in [1.807, 2.05) is 5.10 Å². The summed E-state index contributed by atoms with van der Waals surface area (Å²) in [4.78, 5) is 28.1. The number of aromatic amines is 1. The maximum absolute atomic E-state index is 14.4. The lowest BCUT2D eigenvalue weighted by Gasteiger charge is -2.28. The molecule has 1 aliphatic heterocycles. The zero-order valence-corrected chi connectivity index (χ0v) is 21.2. The maximum atomic E-state index is 14.4. The molecule has 4 aromatic rings. The van der Waals surface area contributed by atoms with Gasteiger partial charge in [-0.3, -0.25) is 14.7 Å². The van der Waals surface area contributed by atoms with Gasteiger partial charge in [-0.05, 0) is 91.8 Å². The first-order valence-corrected chi connectivity index (χ1v) is 12.6. The number of fused-ring (bicyclic) bond motifs is 1. The molecule has 11 heteroatoms. The summed E-state index contributed by atoms with van der Waals surface area (Å²) in [6.45, 7) is 2.49. The van der Waals surface area contributed by atoms with Crippen molar-refractivity contribution in [2.45, 2.75) is 25.6 Å². The summed E-state index contributed by atoms with van der Waals surface area (Å²) >= 11 is 0. The first-order chi connectivity index (χ1) is 18.6. The second kappa shape index (κ2) is 10.6. The molecular formula is C28H27F4N5O2. The van der Waals surface area contributed by atoms with Crippen LogP contribution in [0.4, 0.5) is 17.6 Å². The molecule has 0 atom stereocenters. The molecule has 7 nitrogen and oxygen atoms in total. The van der Waals surface area contributed by atoms with E-state index in [0.29, 0.717) is 28.8 Å². The Hall–Kier alpha value is -3.99. The Labute approximate surface area is 221 Å². The smallest absolute Gasteiger partial charge is 0.352 e. The predicted octanol–water partition coefficient (Wildman–Crippen LogP) is 4.67. The Morgan fingerprint density at radius 2 is 1.90 bits per heavy atom. The van der Waals surface area contributed by atoms with E-state index in [0.717, 1.165) is 32.1 Å². The Morgan fingerprint density at radius 1 is 1.13 bits per heavy atom. The van der Waals surface area contributed by atoms with Crippen LogP contribution in [0.15, 0.2) is 59.7 Å². The largest absolute Gasteiger partial charge is 0.433 e. The predicted molar refractivity (Wildman–Crippen MR) is 139 cm³/mol. The molecule has 0 radical (unpaired) electrons. The summed E-state index contributed by atoms with van der Waals surface area (Å²) in [6.07, 6.45) is -0.0278. The van der Waals surface area contributed by atoms with Crippen molar-refractivity contribution in [2.75, 3.05) is 26.7 Å². The van der Waals surface area contributed by atoms with Crippen LogP contribution in [0.25, 0.3) is 21.9 Å². The van der Waals surface area contributed by atoms with Gasteiger partial charge < -0.3 is 14.8 Å². The van der Waals surface area contributed by atoms with Crippen molar-refractivity contribution in [1.82, 2.24) is 25.0 Å². The number of carbonyl (C=O) groups is 1. The second-order valence-corrected chi connectivity index (χ2v) is 10.0. The zero-order valence-electron chi connectivity index (χ0n) is 21.2. The van der Waals surface area contributed by atoms with Crippen molar-refractivity contribution in [3.8, 4) is 11.1 Å². The summed E-state index contributed by atoms with van der Waals surface area (Å²) in [6, 6.07) is 10.0. The molecule has 39 heavy (non-hydrogen) atoms. The lowest BCUT2D eigenvalue weighted by molar-refractivity contribution is -0.140. The zero-order chi connectivity index (χ0) is 27.7. The van der Waals surface area contributed by atoms with E-state index in [1.165, 1.54) is 41.1 Å². The monoisotopic (exact) mass is 541 g/mol. The third-order valence-corrected chi connectivity index (χ3v) is 7.17. The summed E-state index contributed by atoms with van der Waals surface area (Å²) < 4.78 is 55.6. The molecule has 1 aliphatic rings. The van der Waals surface area contributed by atoms with E-state index in [-0.39, 0.29) is 34.7 Å². The molecule has 1 saturated heterocycles. The van der Waals surface area contributed by atoms with E-state index >= 15 is 0 Å². The fourth-order valence-corrected chi connectivity index (χ4v) is 4.98. The average Bonchev–Trinajstić information content (AvgIpc) is 3.40. The average molecular weight is 542 g/mol. The summed E-state index contributed by atoms with van der Waals surface area (Å²) in [7, 11) is 2.07. The quantitative estimate of drug-likeness (QED) is 0.348. The standard InChI is InChI=1S/C28H27F4N5O2/c1-36-7-4-17(5-8-36)14-33-26(38)21-10-18(11-22(29)13-21)16-37-9-6-20-12-19(2-3-23(20)27(37)39)24-15-34-35-25(24)28(30,31)32/h2-3,6,9-13,15,17H,4-5,7-8,14,16H2,1H3,(H,33,38)(H,34,35). The third kappa shape index (κ3) is 5.88. The lowest BCUT2D eigenvalue weighted by atomic mass is 9.97. The van der Waals surface area contributed by atoms with Crippen LogP contribution in [-0.4, -0.2) is 52.3 Å². The van der Waals surface area contributed by atoms with Crippen molar-refractivity contribution in [1.29, 1.82) is 0 Å². The summed E-state index contributed by atoms with van der Waals surface area (Å²) in [5.74, 6) is -0.579. The summed E-state index contributed by atoms with van der Waals surface area (Å²) in [5.41, 5.74) is -0.591. The fourth-order valence-electron chi connectivity index (χ4n) is 4.98. The van der Waals surface area contributed by atoms with Gasteiger partial charge in [0.1, 0.15) is 11.5 Å². The van der Waals surface area contributed by atoms with Gasteiger partial charge in [-0.1, -0.05) is 6.07 Å². The van der Waals surface area contributed by atoms with Crippen molar-refractivity contribution in [3.63, 3.8) is 0 Å². The molecule has 2 aromatic heterocycles. The van der Waals surface area contributed by atoms with Gasteiger partial charge in [0.25, 0.3) is 11.5 Å². The van der Waals surface area contributed by atoms with Crippen LogP contribution < -0.4 is 10.9 Å². The number of hydrogen-bond acceptors (Lipinski definition) is 4. The van der Waals surface area contributed by atoms with Crippen molar-refractivity contribution >= 4 is 16.7 Å². The topological polar surface area (TPSA) is 83.0 Å². The number of piperidine rings is 1. The minimum atomic E-state index is -4.60. The van der Waals surface area contributed by atoms with Crippen LogP contribution in [-0.2, 0) is 12.7 Å². The number of likely N-dealkylation sites (tertiary alicyclic amines) is 1. The van der Waals surface area contributed by atoms with Gasteiger partial charge in [0.05, 0.1) is 12.7 Å². The number of hydrogen-bond donors (Lipinski definition) is 2. The maximum Gasteiger partial charge on any atom is 0.433 e. The van der Waals surface area contributed by atoms with Gasteiger partial charge in [-0.2, -0.15) is 18.3 Å². The highest BCUT2D eigenvalue weighted by Crippen LogP contribution is 2.36. The van der Waals surface area contributed by atoms with Crippen LogP contribution in [0.3, 0.4) is 0 Å².